The summed E-state index contributed by atoms with van der Waals surface area (Å²) in [6, 6.07) is 9.40. The summed E-state index contributed by atoms with van der Waals surface area (Å²) in [7, 11) is 3.13. The summed E-state index contributed by atoms with van der Waals surface area (Å²) >= 11 is 1.31. The third kappa shape index (κ3) is 4.08. The maximum atomic E-state index is 12.7. The van der Waals surface area contributed by atoms with Crippen LogP contribution in [0.3, 0.4) is 0 Å². The quantitative estimate of drug-likeness (QED) is 0.647. The maximum Gasteiger partial charge on any atom is 0.261 e. The zero-order valence-corrected chi connectivity index (χ0v) is 16.3. The van der Waals surface area contributed by atoms with Gasteiger partial charge < -0.3 is 20.5 Å². The maximum absolute atomic E-state index is 12.7. The predicted octanol–water partition coefficient (Wildman–Crippen LogP) is 2.58. The fourth-order valence-corrected chi connectivity index (χ4v) is 3.91. The van der Waals surface area contributed by atoms with Gasteiger partial charge in [-0.15, -0.1) is 11.3 Å². The second kappa shape index (κ2) is 8.43. The van der Waals surface area contributed by atoms with Gasteiger partial charge in [-0.25, -0.2) is 4.98 Å². The highest BCUT2D eigenvalue weighted by Crippen LogP contribution is 2.35. The summed E-state index contributed by atoms with van der Waals surface area (Å²) in [5.74, 6) is 0.777. The number of aromatic nitrogens is 2. The minimum Gasteiger partial charge on any atom is -0.480 e. The second-order valence-corrected chi connectivity index (χ2v) is 7.04. The molecule has 0 aliphatic carbocycles. The molecule has 7 nitrogen and oxygen atoms in total. The van der Waals surface area contributed by atoms with Gasteiger partial charge in [0, 0.05) is 19.7 Å². The number of carbonyl (C=O) groups is 1. The van der Waals surface area contributed by atoms with E-state index in [-0.39, 0.29) is 18.6 Å². The van der Waals surface area contributed by atoms with E-state index in [1.54, 1.807) is 14.2 Å². The van der Waals surface area contributed by atoms with E-state index in [1.807, 2.05) is 37.3 Å². The number of hydrogen-bond acceptors (Lipinski definition) is 7. The van der Waals surface area contributed by atoms with Gasteiger partial charge in [-0.05, 0) is 18.1 Å². The molecule has 0 fully saturated rings. The summed E-state index contributed by atoms with van der Waals surface area (Å²) in [4.78, 5) is 22.8. The number of thiophene rings is 1. The first-order valence-electron chi connectivity index (χ1n) is 8.46. The molecule has 142 valence electrons. The number of rotatable bonds is 7. The summed E-state index contributed by atoms with van der Waals surface area (Å²) in [5.41, 5.74) is 7.93. The van der Waals surface area contributed by atoms with E-state index in [4.69, 9.17) is 15.2 Å². The molecule has 3 N–H and O–H groups in total. The average molecular weight is 386 g/mol. The van der Waals surface area contributed by atoms with Crippen molar-refractivity contribution >= 4 is 27.5 Å². The van der Waals surface area contributed by atoms with Crippen LogP contribution in [0.25, 0.3) is 10.2 Å². The lowest BCUT2D eigenvalue weighted by molar-refractivity contribution is 0.0955. The summed E-state index contributed by atoms with van der Waals surface area (Å²) < 4.78 is 10.5. The second-order valence-electron chi connectivity index (χ2n) is 6.05. The zero-order chi connectivity index (χ0) is 19.4. The van der Waals surface area contributed by atoms with E-state index in [1.165, 1.54) is 11.3 Å². The number of benzene rings is 1. The minimum atomic E-state index is -0.271. The third-order valence-electron chi connectivity index (χ3n) is 4.19. The van der Waals surface area contributed by atoms with Crippen molar-refractivity contribution in [2.75, 3.05) is 20.8 Å². The Balaban J connectivity index is 1.83. The number of nitrogens with two attached hydrogens (primary N) is 1. The standard InChI is InChI=1S/C19H22N4O3S/c1-11-15-18(26-3)22-14(10-25-2)23-19(15)27-16(11)17(24)21-9-13(20)12-7-5-4-6-8-12/h4-8,13H,9-10,20H2,1-3H3,(H,21,24). The Morgan fingerprint density at radius 3 is 2.67 bits per heavy atom. The molecule has 0 saturated heterocycles. The van der Waals surface area contributed by atoms with E-state index in [0.717, 1.165) is 16.5 Å². The first-order valence-corrected chi connectivity index (χ1v) is 9.28. The van der Waals surface area contributed by atoms with E-state index in [9.17, 15) is 4.79 Å². The number of aryl methyl sites for hydroxylation is 1. The molecule has 1 aromatic carbocycles. The number of nitrogens with zero attached hydrogens (tertiary/aromatic N) is 2. The number of fused-ring (bicyclic) bond motifs is 1. The zero-order valence-electron chi connectivity index (χ0n) is 15.5. The molecule has 1 atom stereocenters. The van der Waals surface area contributed by atoms with Crippen LogP contribution in [-0.2, 0) is 11.3 Å². The van der Waals surface area contributed by atoms with Crippen LogP contribution in [-0.4, -0.2) is 36.6 Å². The van der Waals surface area contributed by atoms with Crippen LogP contribution in [0.5, 0.6) is 5.88 Å². The smallest absolute Gasteiger partial charge is 0.261 e. The van der Waals surface area contributed by atoms with Crippen LogP contribution >= 0.6 is 11.3 Å². The number of hydrogen-bond donors (Lipinski definition) is 2. The Kier molecular flexibility index (Phi) is 6.00. The molecule has 0 spiro atoms. The van der Waals surface area contributed by atoms with Crippen molar-refractivity contribution in [3.8, 4) is 5.88 Å². The Hall–Kier alpha value is -2.55. The average Bonchev–Trinajstić information content (AvgIpc) is 3.03. The summed E-state index contributed by atoms with van der Waals surface area (Å²) in [6.45, 7) is 2.48. The SMILES string of the molecule is COCc1nc(OC)c2c(C)c(C(=O)NCC(N)c3ccccc3)sc2n1. The van der Waals surface area contributed by atoms with Gasteiger partial charge in [0.1, 0.15) is 11.4 Å². The lowest BCUT2D eigenvalue weighted by Crippen LogP contribution is -2.31. The van der Waals surface area contributed by atoms with E-state index in [2.05, 4.69) is 15.3 Å². The van der Waals surface area contributed by atoms with Crippen molar-refractivity contribution in [2.45, 2.75) is 19.6 Å². The molecule has 2 heterocycles. The monoisotopic (exact) mass is 386 g/mol. The molecule has 0 aliphatic heterocycles. The van der Waals surface area contributed by atoms with Crippen molar-refractivity contribution in [1.29, 1.82) is 0 Å². The van der Waals surface area contributed by atoms with Crippen LogP contribution < -0.4 is 15.8 Å². The van der Waals surface area contributed by atoms with Crippen molar-refractivity contribution in [3.05, 3.63) is 52.2 Å². The molecule has 1 amide bonds. The van der Waals surface area contributed by atoms with Gasteiger partial charge in [0.15, 0.2) is 5.82 Å². The van der Waals surface area contributed by atoms with E-state index >= 15 is 0 Å². The van der Waals surface area contributed by atoms with Gasteiger partial charge >= 0.3 is 0 Å². The Morgan fingerprint density at radius 2 is 2.00 bits per heavy atom. The molecular weight excluding hydrogens is 364 g/mol. The van der Waals surface area contributed by atoms with Gasteiger partial charge in [0.05, 0.1) is 17.4 Å². The van der Waals surface area contributed by atoms with E-state index < -0.39 is 0 Å². The van der Waals surface area contributed by atoms with Crippen LogP contribution in [0.4, 0.5) is 0 Å². The number of carbonyl (C=O) groups excluding carboxylic acids is 1. The van der Waals surface area contributed by atoms with Gasteiger partial charge in [-0.2, -0.15) is 4.98 Å². The molecule has 0 saturated carbocycles. The highest BCUT2D eigenvalue weighted by Gasteiger charge is 2.21. The topological polar surface area (TPSA) is 99.4 Å². The molecule has 3 rings (SSSR count). The van der Waals surface area contributed by atoms with E-state index in [0.29, 0.717) is 28.0 Å². The molecule has 27 heavy (non-hydrogen) atoms. The molecule has 8 heteroatoms. The Morgan fingerprint density at radius 1 is 1.26 bits per heavy atom. The molecule has 1 unspecified atom stereocenters. The van der Waals surface area contributed by atoms with Crippen LogP contribution in [0.1, 0.15) is 32.7 Å². The number of amides is 1. The minimum absolute atomic E-state index is 0.183. The normalized spacial score (nSPS) is 12.1. The molecule has 2 aromatic heterocycles. The van der Waals surface area contributed by atoms with Crippen molar-refractivity contribution in [3.63, 3.8) is 0 Å². The number of nitrogens with one attached hydrogen (secondary N) is 1. The molecular formula is C19H22N4O3S. The molecule has 0 aliphatic rings. The first-order chi connectivity index (χ1) is 13.0. The van der Waals surface area contributed by atoms with Gasteiger partial charge in [-0.3, -0.25) is 4.79 Å². The highest BCUT2D eigenvalue weighted by molar-refractivity contribution is 7.20. The first kappa shape index (κ1) is 19.2. The molecule has 3 aromatic rings. The Labute approximate surface area is 161 Å². The molecule has 0 bridgehead atoms. The van der Waals surface area contributed by atoms with Gasteiger partial charge in [0.2, 0.25) is 5.88 Å². The van der Waals surface area contributed by atoms with Gasteiger partial charge in [-0.1, -0.05) is 30.3 Å². The van der Waals surface area contributed by atoms with Crippen molar-refractivity contribution in [1.82, 2.24) is 15.3 Å². The third-order valence-corrected chi connectivity index (χ3v) is 5.37. The highest BCUT2D eigenvalue weighted by atomic mass is 32.1. The van der Waals surface area contributed by atoms with Gasteiger partial charge in [0.25, 0.3) is 5.91 Å². The van der Waals surface area contributed by atoms with Crippen molar-refractivity contribution in [2.24, 2.45) is 5.73 Å². The Bertz CT molecular complexity index is 943. The van der Waals surface area contributed by atoms with Crippen LogP contribution in [0.15, 0.2) is 30.3 Å². The largest absolute Gasteiger partial charge is 0.480 e. The number of methoxy groups -OCH3 is 2. The predicted molar refractivity (Wildman–Crippen MR) is 105 cm³/mol. The van der Waals surface area contributed by atoms with Crippen LogP contribution in [0.2, 0.25) is 0 Å². The lowest BCUT2D eigenvalue weighted by atomic mass is 10.1. The molecule has 0 radical (unpaired) electrons. The van der Waals surface area contributed by atoms with Crippen molar-refractivity contribution < 1.29 is 14.3 Å². The summed E-state index contributed by atoms with van der Waals surface area (Å²) in [6.07, 6.45) is 0. The number of ether oxygens (including phenoxy) is 2. The summed E-state index contributed by atoms with van der Waals surface area (Å²) in [5, 5.41) is 3.66. The lowest BCUT2D eigenvalue weighted by Gasteiger charge is -2.12. The van der Waals surface area contributed by atoms with Crippen LogP contribution in [0, 0.1) is 6.92 Å². The fraction of sp³-hybridized carbons (Fsp3) is 0.316. The fourth-order valence-electron chi connectivity index (χ4n) is 2.80.